The van der Waals surface area contributed by atoms with E-state index in [2.05, 4.69) is 20.7 Å². The minimum atomic E-state index is -0.142. The van der Waals surface area contributed by atoms with Crippen LogP contribution in [-0.2, 0) is 18.2 Å². The Balaban J connectivity index is 1.59. The van der Waals surface area contributed by atoms with Gasteiger partial charge in [0, 0.05) is 38.3 Å². The highest BCUT2D eigenvalue weighted by Crippen LogP contribution is 2.31. The van der Waals surface area contributed by atoms with Crippen LogP contribution in [0.1, 0.15) is 47.3 Å². The molecule has 1 aliphatic heterocycles. The minimum Gasteiger partial charge on any atom is -0.369 e. The van der Waals surface area contributed by atoms with Crippen LogP contribution in [0.2, 0.25) is 0 Å². The number of pyridine rings is 1. The quantitative estimate of drug-likeness (QED) is 0.812. The highest BCUT2D eigenvalue weighted by Gasteiger charge is 2.31. The Bertz CT molecular complexity index is 754. The van der Waals surface area contributed by atoms with E-state index in [0.717, 1.165) is 22.6 Å². The van der Waals surface area contributed by atoms with Crippen molar-refractivity contribution in [1.29, 1.82) is 0 Å². The molecule has 7 nitrogen and oxygen atoms in total. The van der Waals surface area contributed by atoms with Crippen LogP contribution in [-0.4, -0.2) is 39.9 Å². The molecule has 0 radical (unpaired) electrons. The summed E-state index contributed by atoms with van der Waals surface area (Å²) in [5, 5.41) is 10.5. The van der Waals surface area contributed by atoms with E-state index < -0.39 is 0 Å². The lowest BCUT2D eigenvalue weighted by atomic mass is 9.99. The summed E-state index contributed by atoms with van der Waals surface area (Å²) in [6.45, 7) is 7.12. The van der Waals surface area contributed by atoms with Crippen molar-refractivity contribution in [2.24, 2.45) is 7.05 Å². The van der Waals surface area contributed by atoms with Crippen LogP contribution in [0, 0.1) is 6.92 Å². The van der Waals surface area contributed by atoms with Gasteiger partial charge in [0.25, 0.3) is 5.91 Å². The van der Waals surface area contributed by atoms with Crippen molar-refractivity contribution in [3.05, 3.63) is 40.8 Å². The normalized spacial score (nSPS) is 19.4. The van der Waals surface area contributed by atoms with Gasteiger partial charge in [0.1, 0.15) is 5.82 Å². The maximum atomic E-state index is 12.5. The fourth-order valence-electron chi connectivity index (χ4n) is 3.24. The molecule has 0 aromatic carbocycles. The van der Waals surface area contributed by atoms with Crippen LogP contribution in [0.15, 0.2) is 18.3 Å². The highest BCUT2D eigenvalue weighted by molar-refractivity contribution is 5.94. The summed E-state index contributed by atoms with van der Waals surface area (Å²) >= 11 is 0. The van der Waals surface area contributed by atoms with E-state index in [9.17, 15) is 4.79 Å². The Hall–Kier alpha value is -2.41. The Morgan fingerprint density at radius 1 is 1.36 bits per heavy atom. The molecule has 2 N–H and O–H groups in total. The van der Waals surface area contributed by atoms with Gasteiger partial charge >= 0.3 is 0 Å². The van der Waals surface area contributed by atoms with Gasteiger partial charge in [-0.05, 0) is 32.4 Å². The molecule has 0 unspecified atom stereocenters. The molecule has 0 bridgehead atoms. The topological polar surface area (TPSA) is 81.1 Å². The minimum absolute atomic E-state index is 0.0490. The third-order valence-corrected chi connectivity index (χ3v) is 4.35. The van der Waals surface area contributed by atoms with Gasteiger partial charge in [-0.1, -0.05) is 6.07 Å². The number of fused-ring (bicyclic) bond motifs is 1. The SMILES string of the molecule is Cc1ccc(NCCNC(=O)c2nn(C)c3c2C[C@@H](C)O[C@H]3C)nc1. The van der Waals surface area contributed by atoms with E-state index in [1.165, 1.54) is 0 Å². The predicted molar refractivity (Wildman–Crippen MR) is 95.7 cm³/mol. The molecule has 3 heterocycles. The zero-order valence-corrected chi connectivity index (χ0v) is 15.2. The second-order valence-corrected chi connectivity index (χ2v) is 6.53. The number of anilines is 1. The van der Waals surface area contributed by atoms with Crippen LogP contribution < -0.4 is 10.6 Å². The van der Waals surface area contributed by atoms with Crippen molar-refractivity contribution in [2.45, 2.75) is 39.4 Å². The van der Waals surface area contributed by atoms with Crippen molar-refractivity contribution in [3.8, 4) is 0 Å². The van der Waals surface area contributed by atoms with Crippen molar-refractivity contribution in [2.75, 3.05) is 18.4 Å². The number of ether oxygens (including phenoxy) is 1. The van der Waals surface area contributed by atoms with Gasteiger partial charge in [-0.15, -0.1) is 0 Å². The van der Waals surface area contributed by atoms with E-state index in [-0.39, 0.29) is 18.1 Å². The number of nitrogens with zero attached hydrogens (tertiary/aromatic N) is 3. The smallest absolute Gasteiger partial charge is 0.272 e. The lowest BCUT2D eigenvalue weighted by Gasteiger charge is -2.26. The number of hydrogen-bond acceptors (Lipinski definition) is 5. The van der Waals surface area contributed by atoms with Crippen LogP contribution in [0.3, 0.4) is 0 Å². The number of nitrogens with one attached hydrogen (secondary N) is 2. The Morgan fingerprint density at radius 3 is 2.88 bits per heavy atom. The Kier molecular flexibility index (Phi) is 5.03. The maximum absolute atomic E-state index is 12.5. The predicted octanol–water partition coefficient (Wildman–Crippen LogP) is 1.99. The van der Waals surface area contributed by atoms with Crippen molar-refractivity contribution in [1.82, 2.24) is 20.1 Å². The summed E-state index contributed by atoms with van der Waals surface area (Å²) in [7, 11) is 1.86. The average Bonchev–Trinajstić information content (AvgIpc) is 2.90. The first-order chi connectivity index (χ1) is 12.0. The van der Waals surface area contributed by atoms with Crippen LogP contribution in [0.4, 0.5) is 5.82 Å². The second-order valence-electron chi connectivity index (χ2n) is 6.53. The molecule has 2 aromatic heterocycles. The zero-order chi connectivity index (χ0) is 18.0. The van der Waals surface area contributed by atoms with E-state index in [1.54, 1.807) is 4.68 Å². The summed E-state index contributed by atoms with van der Waals surface area (Å²) in [5.74, 6) is 0.659. The first-order valence-corrected chi connectivity index (χ1v) is 8.61. The second kappa shape index (κ2) is 7.23. The van der Waals surface area contributed by atoms with Crippen molar-refractivity contribution in [3.63, 3.8) is 0 Å². The van der Waals surface area contributed by atoms with Gasteiger partial charge in [-0.2, -0.15) is 5.10 Å². The first-order valence-electron chi connectivity index (χ1n) is 8.61. The standard InChI is InChI=1S/C18H25N5O2/c1-11-5-6-15(21-10-11)19-7-8-20-18(24)16-14-9-12(2)25-13(3)17(14)23(4)22-16/h5-6,10,12-13H,7-9H2,1-4H3,(H,19,21)(H,20,24)/t12-,13+/m1/s1. The summed E-state index contributed by atoms with van der Waals surface area (Å²) in [4.78, 5) is 16.8. The van der Waals surface area contributed by atoms with Crippen LogP contribution in [0.5, 0.6) is 0 Å². The fraction of sp³-hybridized carbons (Fsp3) is 0.500. The summed E-state index contributed by atoms with van der Waals surface area (Å²) < 4.78 is 7.59. The first kappa shape index (κ1) is 17.4. The zero-order valence-electron chi connectivity index (χ0n) is 15.2. The Morgan fingerprint density at radius 2 is 2.16 bits per heavy atom. The summed E-state index contributed by atoms with van der Waals surface area (Å²) in [6, 6.07) is 3.92. The van der Waals surface area contributed by atoms with Crippen molar-refractivity contribution < 1.29 is 9.53 Å². The van der Waals surface area contributed by atoms with Gasteiger partial charge in [-0.3, -0.25) is 9.48 Å². The number of aromatic nitrogens is 3. The third-order valence-electron chi connectivity index (χ3n) is 4.35. The molecule has 7 heteroatoms. The molecule has 0 saturated carbocycles. The van der Waals surface area contributed by atoms with E-state index in [4.69, 9.17) is 4.74 Å². The molecule has 0 spiro atoms. The largest absolute Gasteiger partial charge is 0.369 e. The molecular formula is C18H25N5O2. The average molecular weight is 343 g/mol. The van der Waals surface area contributed by atoms with E-state index >= 15 is 0 Å². The van der Waals surface area contributed by atoms with Gasteiger partial charge < -0.3 is 15.4 Å². The summed E-state index contributed by atoms with van der Waals surface area (Å²) in [5.41, 5.74) is 3.61. The van der Waals surface area contributed by atoms with Gasteiger partial charge in [-0.25, -0.2) is 4.98 Å². The Labute approximate surface area is 147 Å². The van der Waals surface area contributed by atoms with E-state index in [0.29, 0.717) is 25.2 Å². The van der Waals surface area contributed by atoms with Gasteiger partial charge in [0.2, 0.25) is 0 Å². The molecule has 25 heavy (non-hydrogen) atoms. The molecule has 1 amide bonds. The molecule has 134 valence electrons. The number of aryl methyl sites for hydroxylation is 2. The molecular weight excluding hydrogens is 318 g/mol. The highest BCUT2D eigenvalue weighted by atomic mass is 16.5. The number of amides is 1. The fourth-order valence-corrected chi connectivity index (χ4v) is 3.24. The lowest BCUT2D eigenvalue weighted by Crippen LogP contribution is -2.31. The lowest BCUT2D eigenvalue weighted by molar-refractivity contribution is -0.00902. The van der Waals surface area contributed by atoms with Gasteiger partial charge in [0.15, 0.2) is 5.69 Å². The molecule has 2 atom stereocenters. The summed E-state index contributed by atoms with van der Waals surface area (Å²) in [6.07, 6.45) is 2.56. The number of hydrogen-bond donors (Lipinski definition) is 2. The van der Waals surface area contributed by atoms with Crippen LogP contribution in [0.25, 0.3) is 0 Å². The van der Waals surface area contributed by atoms with Crippen LogP contribution >= 0.6 is 0 Å². The number of carbonyl (C=O) groups is 1. The van der Waals surface area contributed by atoms with E-state index in [1.807, 2.05) is 46.1 Å². The van der Waals surface area contributed by atoms with Crippen molar-refractivity contribution >= 4 is 11.7 Å². The molecule has 0 aliphatic carbocycles. The maximum Gasteiger partial charge on any atom is 0.272 e. The monoisotopic (exact) mass is 343 g/mol. The molecule has 1 aliphatic rings. The number of rotatable bonds is 5. The molecule has 0 saturated heterocycles. The molecule has 2 aromatic rings. The number of carbonyl (C=O) groups excluding carboxylic acids is 1. The molecule has 0 fully saturated rings. The molecule has 3 rings (SSSR count). The third kappa shape index (κ3) is 3.82. The van der Waals surface area contributed by atoms with Gasteiger partial charge in [0.05, 0.1) is 17.9 Å².